The molecule has 0 aromatic rings. The Bertz CT molecular complexity index is 97.4. The molecular formula is C8H16O2. The molecule has 2 atom stereocenters. The zero-order valence-corrected chi connectivity index (χ0v) is 6.87. The Kier molecular flexibility index (Phi) is 5.26. The fourth-order valence-corrected chi connectivity index (χ4v) is 0.546. The molecule has 0 aliphatic carbocycles. The Balaban J connectivity index is 3.36. The molecule has 0 bridgehead atoms. The predicted octanol–water partition coefficient (Wildman–Crippen LogP) is 1.35. The van der Waals surface area contributed by atoms with E-state index in [0.717, 1.165) is 0 Å². The van der Waals surface area contributed by atoms with Crippen molar-refractivity contribution in [2.45, 2.75) is 32.5 Å². The van der Waals surface area contributed by atoms with Crippen molar-refractivity contribution in [2.75, 3.05) is 7.11 Å². The normalized spacial score (nSPS) is 17.6. The molecule has 10 heavy (non-hydrogen) atoms. The maximum atomic E-state index is 8.85. The van der Waals surface area contributed by atoms with Crippen LogP contribution in [-0.2, 0) is 4.74 Å². The van der Waals surface area contributed by atoms with E-state index in [1.54, 1.807) is 14.0 Å². The first-order chi connectivity index (χ1) is 4.66. The van der Waals surface area contributed by atoms with Crippen LogP contribution in [0.1, 0.15) is 20.3 Å². The number of aliphatic hydroxyl groups excluding tert-OH is 1. The molecule has 2 heteroatoms. The monoisotopic (exact) mass is 144 g/mol. The lowest BCUT2D eigenvalue weighted by atomic mass is 10.2. The SMILES string of the molecule is COC(C)C=CCC(C)O. The van der Waals surface area contributed by atoms with Crippen molar-refractivity contribution in [2.24, 2.45) is 0 Å². The summed E-state index contributed by atoms with van der Waals surface area (Å²) >= 11 is 0. The van der Waals surface area contributed by atoms with Gasteiger partial charge in [-0.25, -0.2) is 0 Å². The Hall–Kier alpha value is -0.340. The highest BCUT2D eigenvalue weighted by Crippen LogP contribution is 1.95. The second kappa shape index (κ2) is 5.45. The molecule has 0 saturated carbocycles. The summed E-state index contributed by atoms with van der Waals surface area (Å²) in [4.78, 5) is 0. The standard InChI is InChI=1S/C8H16O2/c1-7(9)5-4-6-8(2)10-3/h4,6-9H,5H2,1-3H3. The molecule has 0 spiro atoms. The number of hydrogen-bond donors (Lipinski definition) is 1. The smallest absolute Gasteiger partial charge is 0.0723 e. The van der Waals surface area contributed by atoms with Crippen molar-refractivity contribution < 1.29 is 9.84 Å². The van der Waals surface area contributed by atoms with Crippen LogP contribution >= 0.6 is 0 Å². The first kappa shape index (κ1) is 9.66. The summed E-state index contributed by atoms with van der Waals surface area (Å²) in [5.74, 6) is 0. The molecule has 0 saturated heterocycles. The predicted molar refractivity (Wildman–Crippen MR) is 41.9 cm³/mol. The number of rotatable bonds is 4. The first-order valence-electron chi connectivity index (χ1n) is 3.54. The third-order valence-electron chi connectivity index (χ3n) is 1.26. The first-order valence-corrected chi connectivity index (χ1v) is 3.54. The van der Waals surface area contributed by atoms with Crippen molar-refractivity contribution in [1.29, 1.82) is 0 Å². The van der Waals surface area contributed by atoms with E-state index in [4.69, 9.17) is 9.84 Å². The molecule has 0 aromatic heterocycles. The van der Waals surface area contributed by atoms with Gasteiger partial charge in [0.15, 0.2) is 0 Å². The third-order valence-corrected chi connectivity index (χ3v) is 1.26. The number of ether oxygens (including phenoxy) is 1. The van der Waals surface area contributed by atoms with Gasteiger partial charge in [0.05, 0.1) is 12.2 Å². The van der Waals surface area contributed by atoms with Crippen LogP contribution in [-0.4, -0.2) is 24.4 Å². The minimum Gasteiger partial charge on any atom is -0.393 e. The van der Waals surface area contributed by atoms with Gasteiger partial charge in [-0.05, 0) is 20.3 Å². The lowest BCUT2D eigenvalue weighted by molar-refractivity contribution is 0.155. The highest BCUT2D eigenvalue weighted by atomic mass is 16.5. The van der Waals surface area contributed by atoms with Gasteiger partial charge in [-0.15, -0.1) is 0 Å². The second-order valence-electron chi connectivity index (χ2n) is 2.45. The summed E-state index contributed by atoms with van der Waals surface area (Å²) < 4.78 is 4.96. The van der Waals surface area contributed by atoms with Gasteiger partial charge in [-0.3, -0.25) is 0 Å². The van der Waals surface area contributed by atoms with Crippen LogP contribution in [0, 0.1) is 0 Å². The Labute approximate surface area is 62.5 Å². The molecule has 0 aromatic carbocycles. The van der Waals surface area contributed by atoms with Gasteiger partial charge in [0.2, 0.25) is 0 Å². The van der Waals surface area contributed by atoms with Crippen molar-refractivity contribution in [1.82, 2.24) is 0 Å². The molecule has 0 amide bonds. The minimum atomic E-state index is -0.250. The molecule has 2 nitrogen and oxygen atoms in total. The highest BCUT2D eigenvalue weighted by Gasteiger charge is 1.92. The molecule has 60 valence electrons. The summed E-state index contributed by atoms with van der Waals surface area (Å²) in [5.41, 5.74) is 0. The zero-order chi connectivity index (χ0) is 7.98. The lowest BCUT2D eigenvalue weighted by Gasteiger charge is -2.02. The van der Waals surface area contributed by atoms with E-state index in [1.165, 1.54) is 0 Å². The molecule has 0 heterocycles. The second-order valence-corrected chi connectivity index (χ2v) is 2.45. The molecular weight excluding hydrogens is 128 g/mol. The molecule has 0 fully saturated rings. The summed E-state index contributed by atoms with van der Waals surface area (Å²) in [6.07, 6.45) is 4.47. The molecule has 0 aliphatic rings. The van der Waals surface area contributed by atoms with Crippen LogP contribution in [0.15, 0.2) is 12.2 Å². The summed E-state index contributed by atoms with van der Waals surface area (Å²) in [6.45, 7) is 3.72. The van der Waals surface area contributed by atoms with Gasteiger partial charge < -0.3 is 9.84 Å². The van der Waals surface area contributed by atoms with Crippen LogP contribution in [0.5, 0.6) is 0 Å². The number of hydrogen-bond acceptors (Lipinski definition) is 2. The molecule has 1 N–H and O–H groups in total. The number of methoxy groups -OCH3 is 1. The Morgan fingerprint density at radius 3 is 2.50 bits per heavy atom. The van der Waals surface area contributed by atoms with Crippen LogP contribution in [0.25, 0.3) is 0 Å². The highest BCUT2D eigenvalue weighted by molar-refractivity contribution is 4.88. The van der Waals surface area contributed by atoms with Gasteiger partial charge in [0, 0.05) is 7.11 Å². The van der Waals surface area contributed by atoms with Gasteiger partial charge in [-0.1, -0.05) is 12.2 Å². The fourth-order valence-electron chi connectivity index (χ4n) is 0.546. The van der Waals surface area contributed by atoms with E-state index in [-0.39, 0.29) is 12.2 Å². The van der Waals surface area contributed by atoms with Crippen LogP contribution in [0.3, 0.4) is 0 Å². The summed E-state index contributed by atoms with van der Waals surface area (Å²) in [6, 6.07) is 0. The maximum absolute atomic E-state index is 8.85. The van der Waals surface area contributed by atoms with E-state index in [0.29, 0.717) is 6.42 Å². The quantitative estimate of drug-likeness (QED) is 0.603. The largest absolute Gasteiger partial charge is 0.393 e. The molecule has 0 rings (SSSR count). The van der Waals surface area contributed by atoms with Crippen molar-refractivity contribution >= 4 is 0 Å². The van der Waals surface area contributed by atoms with E-state index >= 15 is 0 Å². The average molecular weight is 144 g/mol. The summed E-state index contributed by atoms with van der Waals surface area (Å²) in [7, 11) is 1.66. The molecule has 2 unspecified atom stereocenters. The topological polar surface area (TPSA) is 29.5 Å². The van der Waals surface area contributed by atoms with Gasteiger partial charge in [0.25, 0.3) is 0 Å². The van der Waals surface area contributed by atoms with Crippen molar-refractivity contribution in [3.05, 3.63) is 12.2 Å². The van der Waals surface area contributed by atoms with Gasteiger partial charge >= 0.3 is 0 Å². The maximum Gasteiger partial charge on any atom is 0.0723 e. The van der Waals surface area contributed by atoms with Gasteiger partial charge in [-0.2, -0.15) is 0 Å². The van der Waals surface area contributed by atoms with Crippen LogP contribution in [0.2, 0.25) is 0 Å². The minimum absolute atomic E-state index is 0.152. The Morgan fingerprint density at radius 2 is 2.10 bits per heavy atom. The third kappa shape index (κ3) is 5.79. The molecule has 0 radical (unpaired) electrons. The van der Waals surface area contributed by atoms with Gasteiger partial charge in [0.1, 0.15) is 0 Å². The zero-order valence-electron chi connectivity index (χ0n) is 6.87. The van der Waals surface area contributed by atoms with Crippen LogP contribution < -0.4 is 0 Å². The lowest BCUT2D eigenvalue weighted by Crippen LogP contribution is -2.00. The van der Waals surface area contributed by atoms with E-state index < -0.39 is 0 Å². The van der Waals surface area contributed by atoms with Crippen LogP contribution in [0.4, 0.5) is 0 Å². The molecule has 0 aliphatic heterocycles. The van der Waals surface area contributed by atoms with Crippen molar-refractivity contribution in [3.8, 4) is 0 Å². The van der Waals surface area contributed by atoms with E-state index in [1.807, 2.05) is 19.1 Å². The van der Waals surface area contributed by atoms with Crippen molar-refractivity contribution in [3.63, 3.8) is 0 Å². The van der Waals surface area contributed by atoms with E-state index in [2.05, 4.69) is 0 Å². The average Bonchev–Trinajstić information content (AvgIpc) is 1.87. The fraction of sp³-hybridized carbons (Fsp3) is 0.750. The summed E-state index contributed by atoms with van der Waals surface area (Å²) in [5, 5.41) is 8.85. The van der Waals surface area contributed by atoms with E-state index in [9.17, 15) is 0 Å². The number of aliphatic hydroxyl groups is 1. The Morgan fingerprint density at radius 1 is 1.50 bits per heavy atom.